The summed E-state index contributed by atoms with van der Waals surface area (Å²) in [6.45, 7) is 8.75. The second-order valence-electron chi connectivity index (χ2n) is 8.22. The highest BCUT2D eigenvalue weighted by Crippen LogP contribution is 2.37. The Morgan fingerprint density at radius 3 is 2.54 bits per heavy atom. The fourth-order valence-electron chi connectivity index (χ4n) is 4.11. The van der Waals surface area contributed by atoms with Gasteiger partial charge in [0.15, 0.2) is 5.82 Å². The summed E-state index contributed by atoms with van der Waals surface area (Å²) in [6, 6.07) is 1.95. The third kappa shape index (κ3) is 3.52. The molecular weight excluding hydrogens is 334 g/mol. The number of piperidine rings is 1. The number of hydrogen-bond donors (Lipinski definition) is 2. The van der Waals surface area contributed by atoms with E-state index < -0.39 is 4.92 Å². The molecule has 3 heterocycles. The Kier molecular flexibility index (Phi) is 4.43. The van der Waals surface area contributed by atoms with Crippen molar-refractivity contribution >= 4 is 11.5 Å². The molecule has 9 heteroatoms. The summed E-state index contributed by atoms with van der Waals surface area (Å²) in [5.74, 6) is 0.610. The molecule has 0 radical (unpaired) electrons. The lowest BCUT2D eigenvalue weighted by Crippen LogP contribution is -2.62. The highest BCUT2D eigenvalue weighted by Gasteiger charge is 2.40. The van der Waals surface area contributed by atoms with Crippen LogP contribution in [0.4, 0.5) is 11.5 Å². The van der Waals surface area contributed by atoms with Crippen molar-refractivity contribution < 1.29 is 4.92 Å². The number of nitrogens with zero attached hydrogens (tertiary/aromatic N) is 5. The van der Waals surface area contributed by atoms with Crippen molar-refractivity contribution in [2.75, 3.05) is 11.9 Å². The largest absolute Gasteiger partial charge is 0.354 e. The number of nitrogens with one attached hydrogen (secondary N) is 2. The molecule has 0 aliphatic carbocycles. The van der Waals surface area contributed by atoms with E-state index in [1.165, 1.54) is 12.4 Å². The normalized spacial score (nSPS) is 19.3. The first-order valence-corrected chi connectivity index (χ1v) is 8.62. The molecule has 1 aliphatic heterocycles. The van der Waals surface area contributed by atoms with Gasteiger partial charge in [0.1, 0.15) is 11.9 Å². The molecule has 3 rings (SSSR count). The van der Waals surface area contributed by atoms with Gasteiger partial charge in [0.25, 0.3) is 0 Å². The fourth-order valence-corrected chi connectivity index (χ4v) is 4.11. The SMILES string of the molecule is CN(c1nnccc1-c1[nH]ncc1[N+](=O)[O-])C1CC(C)(C)NC(C)(C)C1. The molecule has 2 N–H and O–H groups in total. The maximum atomic E-state index is 11.3. The number of rotatable bonds is 4. The predicted octanol–water partition coefficient (Wildman–Crippen LogP) is 2.52. The van der Waals surface area contributed by atoms with E-state index in [0.717, 1.165) is 12.8 Å². The van der Waals surface area contributed by atoms with E-state index in [1.807, 2.05) is 7.05 Å². The van der Waals surface area contributed by atoms with Gasteiger partial charge in [-0.05, 0) is 46.6 Å². The summed E-state index contributed by atoms with van der Waals surface area (Å²) < 4.78 is 0. The number of nitro groups is 1. The van der Waals surface area contributed by atoms with Crippen molar-refractivity contribution in [1.82, 2.24) is 25.7 Å². The summed E-state index contributed by atoms with van der Waals surface area (Å²) >= 11 is 0. The molecule has 0 spiro atoms. The van der Waals surface area contributed by atoms with Crippen LogP contribution in [0.5, 0.6) is 0 Å². The van der Waals surface area contributed by atoms with Crippen LogP contribution >= 0.6 is 0 Å². The van der Waals surface area contributed by atoms with Crippen molar-refractivity contribution in [1.29, 1.82) is 0 Å². The number of aromatic amines is 1. The lowest BCUT2D eigenvalue weighted by atomic mass is 9.79. The van der Waals surface area contributed by atoms with Gasteiger partial charge in [0.2, 0.25) is 0 Å². The fraction of sp³-hybridized carbons (Fsp3) is 0.588. The minimum atomic E-state index is -0.445. The van der Waals surface area contributed by atoms with E-state index in [2.05, 4.69) is 58.3 Å². The highest BCUT2D eigenvalue weighted by atomic mass is 16.6. The first-order chi connectivity index (χ1) is 12.1. The summed E-state index contributed by atoms with van der Waals surface area (Å²) in [7, 11) is 1.97. The minimum absolute atomic E-state index is 0.0248. The molecule has 2 aromatic heterocycles. The minimum Gasteiger partial charge on any atom is -0.354 e. The number of aromatic nitrogens is 4. The van der Waals surface area contributed by atoms with Crippen molar-refractivity contribution in [3.63, 3.8) is 0 Å². The summed E-state index contributed by atoms with van der Waals surface area (Å²) in [6.07, 6.45) is 4.60. The maximum absolute atomic E-state index is 11.3. The zero-order chi connectivity index (χ0) is 19.1. The smallest absolute Gasteiger partial charge is 0.314 e. The molecule has 0 saturated carbocycles. The van der Waals surface area contributed by atoms with Gasteiger partial charge in [0.05, 0.1) is 16.7 Å². The molecule has 0 amide bonds. The van der Waals surface area contributed by atoms with Gasteiger partial charge in [-0.25, -0.2) is 0 Å². The molecule has 0 unspecified atom stereocenters. The number of anilines is 1. The lowest BCUT2D eigenvalue weighted by molar-refractivity contribution is -0.384. The van der Waals surface area contributed by atoms with Crippen molar-refractivity contribution in [2.45, 2.75) is 57.7 Å². The lowest BCUT2D eigenvalue weighted by Gasteiger charge is -2.49. The van der Waals surface area contributed by atoms with Crippen LogP contribution in [0.15, 0.2) is 18.5 Å². The molecule has 26 heavy (non-hydrogen) atoms. The van der Waals surface area contributed by atoms with Crippen LogP contribution in [0, 0.1) is 10.1 Å². The van der Waals surface area contributed by atoms with Gasteiger partial charge >= 0.3 is 5.69 Å². The molecule has 0 atom stereocenters. The highest BCUT2D eigenvalue weighted by molar-refractivity contribution is 5.78. The van der Waals surface area contributed by atoms with Gasteiger partial charge in [0, 0.05) is 24.2 Å². The second kappa shape index (κ2) is 6.31. The van der Waals surface area contributed by atoms with Crippen molar-refractivity contribution in [3.8, 4) is 11.3 Å². The van der Waals surface area contributed by atoms with E-state index >= 15 is 0 Å². The van der Waals surface area contributed by atoms with E-state index in [0.29, 0.717) is 17.1 Å². The van der Waals surface area contributed by atoms with Crippen LogP contribution in [-0.4, -0.2) is 49.5 Å². The van der Waals surface area contributed by atoms with Gasteiger partial charge in [-0.2, -0.15) is 10.2 Å². The molecule has 0 aromatic carbocycles. The van der Waals surface area contributed by atoms with Crippen LogP contribution < -0.4 is 10.2 Å². The maximum Gasteiger partial charge on any atom is 0.314 e. The summed E-state index contributed by atoms with van der Waals surface area (Å²) in [4.78, 5) is 12.9. The third-order valence-corrected chi connectivity index (χ3v) is 4.84. The summed E-state index contributed by atoms with van der Waals surface area (Å²) in [5, 5.41) is 29.8. The van der Waals surface area contributed by atoms with Crippen molar-refractivity contribution in [3.05, 3.63) is 28.6 Å². The van der Waals surface area contributed by atoms with Crippen molar-refractivity contribution in [2.24, 2.45) is 0 Å². The molecular formula is C17H25N7O2. The van der Waals surface area contributed by atoms with Gasteiger partial charge in [-0.3, -0.25) is 15.2 Å². The first kappa shape index (κ1) is 18.2. The van der Waals surface area contributed by atoms with Gasteiger partial charge in [-0.1, -0.05) is 0 Å². The second-order valence-corrected chi connectivity index (χ2v) is 8.22. The van der Waals surface area contributed by atoms with Crippen LogP contribution in [0.2, 0.25) is 0 Å². The van der Waals surface area contributed by atoms with Crippen LogP contribution in [0.1, 0.15) is 40.5 Å². The predicted molar refractivity (Wildman–Crippen MR) is 99.0 cm³/mol. The molecule has 140 valence electrons. The monoisotopic (exact) mass is 359 g/mol. The topological polar surface area (TPSA) is 113 Å². The molecule has 1 saturated heterocycles. The zero-order valence-corrected chi connectivity index (χ0v) is 15.8. The van der Waals surface area contributed by atoms with Crippen LogP contribution in [-0.2, 0) is 0 Å². The molecule has 1 aliphatic rings. The Hall–Kier alpha value is -2.55. The van der Waals surface area contributed by atoms with E-state index in [1.54, 1.807) is 6.07 Å². The quantitative estimate of drug-likeness (QED) is 0.637. The van der Waals surface area contributed by atoms with E-state index in [-0.39, 0.29) is 22.8 Å². The molecule has 2 aromatic rings. The van der Waals surface area contributed by atoms with Crippen LogP contribution in [0.25, 0.3) is 11.3 Å². The Morgan fingerprint density at radius 2 is 1.92 bits per heavy atom. The molecule has 9 nitrogen and oxygen atoms in total. The average Bonchev–Trinajstić information content (AvgIpc) is 3.01. The Balaban J connectivity index is 2.00. The number of H-pyrrole nitrogens is 1. The van der Waals surface area contributed by atoms with E-state index in [9.17, 15) is 10.1 Å². The number of hydrogen-bond acceptors (Lipinski definition) is 7. The summed E-state index contributed by atoms with van der Waals surface area (Å²) in [5.41, 5.74) is 0.852. The van der Waals surface area contributed by atoms with E-state index in [4.69, 9.17) is 0 Å². The molecule has 1 fully saturated rings. The van der Waals surface area contributed by atoms with Crippen LogP contribution in [0.3, 0.4) is 0 Å². The Bertz CT molecular complexity index is 799. The van der Waals surface area contributed by atoms with Gasteiger partial charge in [-0.15, -0.1) is 5.10 Å². The van der Waals surface area contributed by atoms with Gasteiger partial charge < -0.3 is 10.2 Å². The third-order valence-electron chi connectivity index (χ3n) is 4.84. The Morgan fingerprint density at radius 1 is 1.27 bits per heavy atom. The molecule has 0 bridgehead atoms. The standard InChI is InChI=1S/C17H25N7O2/c1-16(2)8-11(9-17(3,4)22-16)23(5)15-12(6-7-18-21-15)14-13(24(25)26)10-19-20-14/h6-7,10-11,22H,8-9H2,1-5H3,(H,19,20). The first-order valence-electron chi connectivity index (χ1n) is 8.62. The average molecular weight is 359 g/mol. The zero-order valence-electron chi connectivity index (χ0n) is 15.8. The Labute approximate surface area is 152 Å².